The van der Waals surface area contributed by atoms with E-state index in [0.717, 1.165) is 12.1 Å². The van der Waals surface area contributed by atoms with Gasteiger partial charge in [0.25, 0.3) is 5.91 Å². The highest BCUT2D eigenvalue weighted by Crippen LogP contribution is 2.30. The fourth-order valence-corrected chi connectivity index (χ4v) is 1.73. The number of carboxylic acids is 1. The molecule has 0 bridgehead atoms. The highest BCUT2D eigenvalue weighted by molar-refractivity contribution is 5.87. The van der Waals surface area contributed by atoms with Gasteiger partial charge in [-0.05, 0) is 23.6 Å². The number of hydrogen-bond acceptors (Lipinski definition) is 2. The number of alkyl halides is 4. The van der Waals surface area contributed by atoms with E-state index in [1.54, 1.807) is 0 Å². The molecule has 0 fully saturated rings. The minimum Gasteiger partial charge on any atom is -0.480 e. The van der Waals surface area contributed by atoms with Crippen LogP contribution < -0.4 is 5.32 Å². The van der Waals surface area contributed by atoms with Crippen LogP contribution in [0.4, 0.5) is 17.6 Å². The number of halogens is 4. The first-order valence-electron chi connectivity index (χ1n) is 6.38. The van der Waals surface area contributed by atoms with E-state index in [1.807, 2.05) is 5.32 Å². The summed E-state index contributed by atoms with van der Waals surface area (Å²) in [4.78, 5) is 22.6. The van der Waals surface area contributed by atoms with Gasteiger partial charge in [0, 0.05) is 0 Å². The average molecular weight is 321 g/mol. The molecule has 0 aliphatic carbocycles. The minimum atomic E-state index is -4.56. The normalized spacial score (nSPS) is 14.5. The van der Waals surface area contributed by atoms with Crippen molar-refractivity contribution in [3.63, 3.8) is 0 Å². The van der Waals surface area contributed by atoms with Crippen LogP contribution in [0.1, 0.15) is 31.1 Å². The number of carbonyl (C=O) groups is 2. The van der Waals surface area contributed by atoms with Gasteiger partial charge in [0.2, 0.25) is 6.17 Å². The summed E-state index contributed by atoms with van der Waals surface area (Å²) in [6.45, 7) is 3.06. The molecule has 8 heteroatoms. The van der Waals surface area contributed by atoms with Crippen LogP contribution in [0, 0.1) is 5.92 Å². The van der Waals surface area contributed by atoms with Gasteiger partial charge in [-0.1, -0.05) is 26.0 Å². The van der Waals surface area contributed by atoms with E-state index in [4.69, 9.17) is 5.11 Å². The van der Waals surface area contributed by atoms with Crippen molar-refractivity contribution in [2.75, 3.05) is 0 Å². The van der Waals surface area contributed by atoms with E-state index in [-0.39, 0.29) is 5.56 Å². The predicted molar refractivity (Wildman–Crippen MR) is 69.7 cm³/mol. The molecule has 0 saturated heterocycles. The number of nitrogens with one attached hydrogen (secondary N) is 1. The van der Waals surface area contributed by atoms with E-state index >= 15 is 0 Å². The zero-order valence-corrected chi connectivity index (χ0v) is 11.8. The van der Waals surface area contributed by atoms with Crippen molar-refractivity contribution in [2.24, 2.45) is 5.92 Å². The van der Waals surface area contributed by atoms with Crippen molar-refractivity contribution in [1.82, 2.24) is 5.32 Å². The highest BCUT2D eigenvalue weighted by Gasteiger charge is 2.32. The largest absolute Gasteiger partial charge is 0.480 e. The fraction of sp³-hybridized carbons (Fsp3) is 0.429. The van der Waals surface area contributed by atoms with Crippen LogP contribution >= 0.6 is 0 Å². The number of carboxylic acid groups (broad SMARTS) is 1. The Balaban J connectivity index is 2.85. The van der Waals surface area contributed by atoms with Gasteiger partial charge in [-0.2, -0.15) is 13.2 Å². The topological polar surface area (TPSA) is 66.4 Å². The van der Waals surface area contributed by atoms with Gasteiger partial charge in [-0.25, -0.2) is 9.18 Å². The summed E-state index contributed by atoms with van der Waals surface area (Å²) < 4.78 is 51.1. The standard InChI is InChI=1S/C14H15F4NO3/c1-7(2)11(13(21)22)19-12(20)10(15)8-3-5-9(6-4-8)14(16,17)18/h3-7,10-11H,1-2H3,(H,19,20)(H,21,22). The second-order valence-electron chi connectivity index (χ2n) is 5.05. The second-order valence-corrected chi connectivity index (χ2v) is 5.05. The summed E-state index contributed by atoms with van der Waals surface area (Å²) in [6, 6.07) is 1.73. The quantitative estimate of drug-likeness (QED) is 0.820. The molecule has 2 unspecified atom stereocenters. The maximum atomic E-state index is 14.0. The van der Waals surface area contributed by atoms with Crippen molar-refractivity contribution in [3.05, 3.63) is 35.4 Å². The Hall–Kier alpha value is -2.12. The molecule has 0 aromatic heterocycles. The molecule has 1 rings (SSSR count). The zero-order valence-electron chi connectivity index (χ0n) is 11.8. The maximum Gasteiger partial charge on any atom is 0.416 e. The van der Waals surface area contributed by atoms with Crippen LogP contribution in [0.25, 0.3) is 0 Å². The molecule has 2 atom stereocenters. The molecule has 1 aromatic rings. The molecule has 22 heavy (non-hydrogen) atoms. The van der Waals surface area contributed by atoms with Crippen molar-refractivity contribution in [2.45, 2.75) is 32.2 Å². The van der Waals surface area contributed by atoms with Gasteiger partial charge in [0.15, 0.2) is 0 Å². The summed E-state index contributed by atoms with van der Waals surface area (Å²) in [7, 11) is 0. The van der Waals surface area contributed by atoms with E-state index in [2.05, 4.69) is 0 Å². The third-order valence-electron chi connectivity index (χ3n) is 2.99. The van der Waals surface area contributed by atoms with Crippen LogP contribution in [0.5, 0.6) is 0 Å². The third kappa shape index (κ3) is 4.44. The molecule has 4 nitrogen and oxygen atoms in total. The van der Waals surface area contributed by atoms with Crippen molar-refractivity contribution in [1.29, 1.82) is 0 Å². The smallest absolute Gasteiger partial charge is 0.416 e. The van der Waals surface area contributed by atoms with Gasteiger partial charge >= 0.3 is 12.1 Å². The van der Waals surface area contributed by atoms with Crippen LogP contribution in [0.2, 0.25) is 0 Å². The number of carbonyl (C=O) groups excluding carboxylic acids is 1. The Morgan fingerprint density at radius 2 is 1.64 bits per heavy atom. The van der Waals surface area contributed by atoms with Crippen molar-refractivity contribution >= 4 is 11.9 Å². The number of rotatable bonds is 5. The highest BCUT2D eigenvalue weighted by atomic mass is 19.4. The molecule has 2 N–H and O–H groups in total. The molecular formula is C14H15F4NO3. The number of benzene rings is 1. The number of aliphatic carboxylic acids is 1. The summed E-state index contributed by atoms with van der Waals surface area (Å²) in [5, 5.41) is 10.9. The van der Waals surface area contributed by atoms with Gasteiger partial charge in [-0.3, -0.25) is 4.79 Å². The zero-order chi connectivity index (χ0) is 17.1. The van der Waals surface area contributed by atoms with Crippen LogP contribution in [-0.4, -0.2) is 23.0 Å². The number of hydrogen-bond donors (Lipinski definition) is 2. The van der Waals surface area contributed by atoms with Crippen LogP contribution in [0.3, 0.4) is 0 Å². The SMILES string of the molecule is CC(C)C(NC(=O)C(F)c1ccc(C(F)(F)F)cc1)C(=O)O. The molecular weight excluding hydrogens is 306 g/mol. The average Bonchev–Trinajstić information content (AvgIpc) is 2.42. The van der Waals surface area contributed by atoms with Gasteiger partial charge in [0.05, 0.1) is 5.56 Å². The molecule has 0 radical (unpaired) electrons. The summed E-state index contributed by atoms with van der Waals surface area (Å²) in [6.07, 6.45) is -6.80. The molecule has 1 amide bonds. The van der Waals surface area contributed by atoms with Gasteiger partial charge < -0.3 is 10.4 Å². The predicted octanol–water partition coefficient (Wildman–Crippen LogP) is 2.94. The summed E-state index contributed by atoms with van der Waals surface area (Å²) in [5.74, 6) is -3.00. The molecule has 0 saturated carbocycles. The lowest BCUT2D eigenvalue weighted by Gasteiger charge is -2.19. The maximum absolute atomic E-state index is 14.0. The van der Waals surface area contributed by atoms with Crippen molar-refractivity contribution < 1.29 is 32.3 Å². The lowest BCUT2D eigenvalue weighted by atomic mass is 10.0. The Morgan fingerprint density at radius 3 is 2.00 bits per heavy atom. The number of amides is 1. The Kier molecular flexibility index (Phi) is 5.51. The lowest BCUT2D eigenvalue weighted by Crippen LogP contribution is -2.45. The molecule has 0 heterocycles. The van der Waals surface area contributed by atoms with Gasteiger partial charge in [0.1, 0.15) is 6.04 Å². The molecule has 1 aromatic carbocycles. The summed E-state index contributed by atoms with van der Waals surface area (Å²) >= 11 is 0. The summed E-state index contributed by atoms with van der Waals surface area (Å²) in [5.41, 5.74) is -1.24. The van der Waals surface area contributed by atoms with E-state index in [9.17, 15) is 27.2 Å². The lowest BCUT2D eigenvalue weighted by molar-refractivity contribution is -0.144. The molecule has 0 spiro atoms. The first-order valence-corrected chi connectivity index (χ1v) is 6.38. The Labute approximate surface area is 124 Å². The van der Waals surface area contributed by atoms with Crippen LogP contribution in [0.15, 0.2) is 24.3 Å². The third-order valence-corrected chi connectivity index (χ3v) is 2.99. The van der Waals surface area contributed by atoms with E-state index in [1.165, 1.54) is 13.8 Å². The Morgan fingerprint density at radius 1 is 1.14 bits per heavy atom. The second kappa shape index (κ2) is 6.76. The van der Waals surface area contributed by atoms with E-state index < -0.39 is 41.7 Å². The molecule has 0 aliphatic heterocycles. The first-order chi connectivity index (χ1) is 10.0. The van der Waals surface area contributed by atoms with Crippen LogP contribution in [-0.2, 0) is 15.8 Å². The minimum absolute atomic E-state index is 0.279. The van der Waals surface area contributed by atoms with Crippen molar-refractivity contribution in [3.8, 4) is 0 Å². The van der Waals surface area contributed by atoms with E-state index in [0.29, 0.717) is 12.1 Å². The first kappa shape index (κ1) is 17.9. The Bertz CT molecular complexity index is 540. The monoisotopic (exact) mass is 321 g/mol. The molecule has 122 valence electrons. The fourth-order valence-electron chi connectivity index (χ4n) is 1.73. The molecule has 0 aliphatic rings. The van der Waals surface area contributed by atoms with Gasteiger partial charge in [-0.15, -0.1) is 0 Å².